The minimum absolute atomic E-state index is 0.193. The number of carbonyl (C=O) groups is 1. The van der Waals surface area contributed by atoms with Crippen LogP contribution >= 0.6 is 0 Å². The van der Waals surface area contributed by atoms with Gasteiger partial charge in [-0.25, -0.2) is 0 Å². The summed E-state index contributed by atoms with van der Waals surface area (Å²) in [5.41, 5.74) is 5.49. The highest BCUT2D eigenvalue weighted by atomic mass is 16.4. The van der Waals surface area contributed by atoms with Crippen LogP contribution in [0.3, 0.4) is 0 Å². The van der Waals surface area contributed by atoms with E-state index in [4.69, 9.17) is 16.7 Å². The predicted octanol–water partition coefficient (Wildman–Crippen LogP) is 0.600. The summed E-state index contributed by atoms with van der Waals surface area (Å²) < 4.78 is 0. The van der Waals surface area contributed by atoms with E-state index in [1.807, 2.05) is 13.8 Å². The highest BCUT2D eigenvalue weighted by Gasteiger charge is 2.27. The number of hydrogen-bond acceptors (Lipinski definition) is 3. The van der Waals surface area contributed by atoms with Gasteiger partial charge in [-0.15, -0.1) is 0 Å². The minimum atomic E-state index is -0.849. The second kappa shape index (κ2) is 5.47. The Morgan fingerprint density at radius 3 is 2.21 bits per heavy atom. The van der Waals surface area contributed by atoms with Crippen molar-refractivity contribution in [2.24, 2.45) is 34.4 Å². The van der Waals surface area contributed by atoms with Gasteiger partial charge < -0.3 is 16.7 Å². The largest absolute Gasteiger partial charge is 0.481 e. The van der Waals surface area contributed by atoms with Gasteiger partial charge in [0, 0.05) is 5.92 Å². The van der Waals surface area contributed by atoms with Crippen molar-refractivity contribution in [2.45, 2.75) is 27.2 Å². The molecule has 0 aromatic carbocycles. The van der Waals surface area contributed by atoms with Crippen LogP contribution in [0, 0.1) is 17.8 Å². The second-order valence-electron chi connectivity index (χ2n) is 3.92. The maximum absolute atomic E-state index is 10.9. The van der Waals surface area contributed by atoms with Crippen LogP contribution in [0.4, 0.5) is 0 Å². The number of amidine groups is 1. The van der Waals surface area contributed by atoms with Crippen LogP contribution in [0.15, 0.2) is 5.10 Å². The molecule has 14 heavy (non-hydrogen) atoms. The summed E-state index contributed by atoms with van der Waals surface area (Å²) in [4.78, 5) is 10.9. The lowest BCUT2D eigenvalue weighted by molar-refractivity contribution is -0.143. The average Bonchev–Trinajstić information content (AvgIpc) is 2.11. The Bertz CT molecular complexity index is 226. The summed E-state index contributed by atoms with van der Waals surface area (Å²) in [5, 5.41) is 12.3. The molecule has 0 aliphatic carbocycles. The van der Waals surface area contributed by atoms with Gasteiger partial charge in [-0.1, -0.05) is 20.8 Å². The van der Waals surface area contributed by atoms with E-state index >= 15 is 0 Å². The molecule has 5 N–H and O–H groups in total. The predicted molar refractivity (Wildman–Crippen MR) is 55.6 cm³/mol. The molecule has 0 fully saturated rings. The number of nitrogens with two attached hydrogens (primary N) is 2. The third kappa shape index (κ3) is 3.64. The molecule has 2 atom stereocenters. The number of carboxylic acid groups (broad SMARTS) is 1. The van der Waals surface area contributed by atoms with Crippen LogP contribution in [0.5, 0.6) is 0 Å². The summed E-state index contributed by atoms with van der Waals surface area (Å²) in [5.74, 6) is 3.83. The first kappa shape index (κ1) is 12.7. The molecular formula is C9H19N3O2. The van der Waals surface area contributed by atoms with Gasteiger partial charge in [0.1, 0.15) is 5.84 Å². The van der Waals surface area contributed by atoms with Crippen molar-refractivity contribution in [3.8, 4) is 0 Å². The van der Waals surface area contributed by atoms with E-state index in [-0.39, 0.29) is 11.8 Å². The molecule has 0 rings (SSSR count). The monoisotopic (exact) mass is 201 g/mol. The molecule has 0 bridgehead atoms. The topological polar surface area (TPSA) is 102 Å². The number of aliphatic carboxylic acids is 1. The highest BCUT2D eigenvalue weighted by molar-refractivity contribution is 5.87. The molecule has 0 aromatic rings. The Morgan fingerprint density at radius 1 is 1.43 bits per heavy atom. The first-order valence-corrected chi connectivity index (χ1v) is 4.66. The van der Waals surface area contributed by atoms with Crippen molar-refractivity contribution in [2.75, 3.05) is 0 Å². The molecule has 0 amide bonds. The lowest BCUT2D eigenvalue weighted by Gasteiger charge is -2.20. The summed E-state index contributed by atoms with van der Waals surface area (Å²) in [6.07, 6.45) is 0.576. The van der Waals surface area contributed by atoms with Gasteiger partial charge in [-0.3, -0.25) is 4.79 Å². The van der Waals surface area contributed by atoms with Crippen molar-refractivity contribution in [3.05, 3.63) is 0 Å². The Labute approximate surface area is 84.2 Å². The molecule has 0 saturated heterocycles. The number of rotatable bonds is 5. The van der Waals surface area contributed by atoms with Gasteiger partial charge in [0.2, 0.25) is 0 Å². The van der Waals surface area contributed by atoms with E-state index in [0.717, 1.165) is 0 Å². The van der Waals surface area contributed by atoms with Gasteiger partial charge in [-0.05, 0) is 12.3 Å². The summed E-state index contributed by atoms with van der Waals surface area (Å²) in [6.45, 7) is 5.67. The molecule has 0 heterocycles. The van der Waals surface area contributed by atoms with Crippen LogP contribution in [-0.4, -0.2) is 16.9 Å². The van der Waals surface area contributed by atoms with Gasteiger partial charge in [0.15, 0.2) is 0 Å². The zero-order chi connectivity index (χ0) is 11.3. The Hall–Kier alpha value is -1.26. The molecular weight excluding hydrogens is 182 g/mol. The van der Waals surface area contributed by atoms with E-state index in [0.29, 0.717) is 12.3 Å². The number of carboxylic acids is 1. The minimum Gasteiger partial charge on any atom is -0.481 e. The van der Waals surface area contributed by atoms with Gasteiger partial charge in [-0.2, -0.15) is 5.10 Å². The Kier molecular flexibility index (Phi) is 4.97. The average molecular weight is 201 g/mol. The fourth-order valence-electron chi connectivity index (χ4n) is 1.35. The number of hydrogen-bond donors (Lipinski definition) is 3. The van der Waals surface area contributed by atoms with Crippen molar-refractivity contribution < 1.29 is 9.90 Å². The fraction of sp³-hybridized carbons (Fsp3) is 0.778. The first-order valence-electron chi connectivity index (χ1n) is 4.66. The van der Waals surface area contributed by atoms with E-state index < -0.39 is 11.9 Å². The lowest BCUT2D eigenvalue weighted by Crippen LogP contribution is -2.34. The van der Waals surface area contributed by atoms with Crippen molar-refractivity contribution in [3.63, 3.8) is 0 Å². The van der Waals surface area contributed by atoms with E-state index in [9.17, 15) is 4.79 Å². The van der Waals surface area contributed by atoms with Crippen LogP contribution < -0.4 is 11.6 Å². The van der Waals surface area contributed by atoms with Gasteiger partial charge in [0.05, 0.1) is 5.92 Å². The van der Waals surface area contributed by atoms with Crippen molar-refractivity contribution in [1.82, 2.24) is 0 Å². The molecule has 2 unspecified atom stereocenters. The Morgan fingerprint density at radius 2 is 1.93 bits per heavy atom. The van der Waals surface area contributed by atoms with Crippen LogP contribution in [0.25, 0.3) is 0 Å². The van der Waals surface area contributed by atoms with Crippen LogP contribution in [0.2, 0.25) is 0 Å². The molecule has 0 saturated carbocycles. The maximum atomic E-state index is 10.9. The summed E-state index contributed by atoms with van der Waals surface area (Å²) >= 11 is 0. The van der Waals surface area contributed by atoms with Gasteiger partial charge in [0.25, 0.3) is 0 Å². The fourth-order valence-corrected chi connectivity index (χ4v) is 1.35. The zero-order valence-corrected chi connectivity index (χ0v) is 8.90. The standard InChI is InChI=1S/C9H19N3O2/c1-5(2)4-7(9(13)14)6(3)8(10)12-11/h5-7H,4,11H2,1-3H3,(H2,10,12)(H,13,14). The van der Waals surface area contributed by atoms with Gasteiger partial charge >= 0.3 is 5.97 Å². The smallest absolute Gasteiger partial charge is 0.307 e. The SMILES string of the molecule is CC(C)CC(C(=O)O)C(C)/C(N)=N/N. The van der Waals surface area contributed by atoms with Crippen LogP contribution in [-0.2, 0) is 4.79 Å². The van der Waals surface area contributed by atoms with Crippen LogP contribution in [0.1, 0.15) is 27.2 Å². The number of hydrazone groups is 1. The third-order valence-electron chi connectivity index (χ3n) is 2.26. The first-order chi connectivity index (χ1) is 6.40. The zero-order valence-electron chi connectivity index (χ0n) is 8.90. The third-order valence-corrected chi connectivity index (χ3v) is 2.26. The highest BCUT2D eigenvalue weighted by Crippen LogP contribution is 2.20. The second-order valence-corrected chi connectivity index (χ2v) is 3.92. The van der Waals surface area contributed by atoms with Crippen molar-refractivity contribution in [1.29, 1.82) is 0 Å². The molecule has 82 valence electrons. The molecule has 0 radical (unpaired) electrons. The summed E-state index contributed by atoms with van der Waals surface area (Å²) in [7, 11) is 0. The Balaban J connectivity index is 4.57. The molecule has 5 heteroatoms. The van der Waals surface area contributed by atoms with E-state index in [1.54, 1.807) is 6.92 Å². The summed E-state index contributed by atoms with van der Waals surface area (Å²) in [6, 6.07) is 0. The molecule has 5 nitrogen and oxygen atoms in total. The number of nitrogens with zero attached hydrogens (tertiary/aromatic N) is 1. The molecule has 0 aliphatic heterocycles. The molecule has 0 aromatic heterocycles. The van der Waals surface area contributed by atoms with E-state index in [1.165, 1.54) is 0 Å². The maximum Gasteiger partial charge on any atom is 0.307 e. The van der Waals surface area contributed by atoms with E-state index in [2.05, 4.69) is 5.10 Å². The normalized spacial score (nSPS) is 16.7. The van der Waals surface area contributed by atoms with Crippen molar-refractivity contribution >= 4 is 11.8 Å². The lowest BCUT2D eigenvalue weighted by atomic mass is 9.86. The molecule has 0 spiro atoms. The quantitative estimate of drug-likeness (QED) is 0.262. The molecule has 0 aliphatic rings.